The second kappa shape index (κ2) is 8.73. The van der Waals surface area contributed by atoms with Crippen molar-refractivity contribution < 1.29 is 4.79 Å². The number of allylic oxidation sites excluding steroid dienone is 2. The van der Waals surface area contributed by atoms with Gasteiger partial charge in [0.15, 0.2) is 0 Å². The van der Waals surface area contributed by atoms with Gasteiger partial charge >= 0.3 is 0 Å². The molecule has 2 rings (SSSR count). The van der Waals surface area contributed by atoms with Crippen molar-refractivity contribution >= 4 is 17.3 Å². The molecule has 0 saturated heterocycles. The fourth-order valence-electron chi connectivity index (χ4n) is 2.43. The number of carbonyl (C=O) groups excluding carboxylic acids is 1. The molecule has 1 amide bonds. The van der Waals surface area contributed by atoms with Gasteiger partial charge in [0.25, 0.3) is 5.91 Å². The topological polar surface area (TPSA) is 32.3 Å². The maximum absolute atomic E-state index is 12.1. The minimum absolute atomic E-state index is 0.0928. The Balaban J connectivity index is 1.99. The van der Waals surface area contributed by atoms with Crippen LogP contribution in [0.25, 0.3) is 0 Å². The Hall–Kier alpha value is -2.81. The van der Waals surface area contributed by atoms with Crippen LogP contribution in [-0.2, 0) is 11.3 Å². The largest absolute Gasteiger partial charge is 0.370 e. The maximum atomic E-state index is 12.1. The highest BCUT2D eigenvalue weighted by Crippen LogP contribution is 2.17. The van der Waals surface area contributed by atoms with E-state index in [1.54, 1.807) is 12.2 Å². The van der Waals surface area contributed by atoms with Crippen molar-refractivity contribution in [3.05, 3.63) is 84.0 Å². The molecule has 3 heteroatoms. The molecule has 0 fully saturated rings. The van der Waals surface area contributed by atoms with Gasteiger partial charge in [0.2, 0.25) is 0 Å². The summed E-state index contributed by atoms with van der Waals surface area (Å²) in [7, 11) is 2.07. The third-order valence-electron chi connectivity index (χ3n) is 3.75. The van der Waals surface area contributed by atoms with Crippen LogP contribution in [0.2, 0.25) is 0 Å². The normalized spacial score (nSPS) is 11.5. The fraction of sp³-hybridized carbons (Fsp3) is 0.190. The van der Waals surface area contributed by atoms with Gasteiger partial charge in [-0.2, -0.15) is 0 Å². The fourth-order valence-corrected chi connectivity index (χ4v) is 2.43. The summed E-state index contributed by atoms with van der Waals surface area (Å²) < 4.78 is 0. The number of rotatable bonds is 6. The lowest BCUT2D eigenvalue weighted by Gasteiger charge is -2.19. The molecule has 2 aromatic rings. The van der Waals surface area contributed by atoms with Crippen molar-refractivity contribution in [2.24, 2.45) is 0 Å². The zero-order chi connectivity index (χ0) is 17.4. The van der Waals surface area contributed by atoms with Gasteiger partial charge in [0.05, 0.1) is 0 Å². The Morgan fingerprint density at radius 1 is 1.04 bits per heavy atom. The van der Waals surface area contributed by atoms with Crippen molar-refractivity contribution in [1.29, 1.82) is 0 Å². The summed E-state index contributed by atoms with van der Waals surface area (Å²) in [6, 6.07) is 18.2. The van der Waals surface area contributed by atoms with Crippen molar-refractivity contribution in [3.8, 4) is 0 Å². The molecule has 0 bridgehead atoms. The molecule has 0 aliphatic heterocycles. The Morgan fingerprint density at radius 3 is 2.29 bits per heavy atom. The van der Waals surface area contributed by atoms with Crippen LogP contribution in [0.4, 0.5) is 11.4 Å². The van der Waals surface area contributed by atoms with Crippen LogP contribution in [0, 0.1) is 0 Å². The quantitative estimate of drug-likeness (QED) is 0.613. The Kier molecular flexibility index (Phi) is 6.38. The van der Waals surface area contributed by atoms with E-state index in [0.29, 0.717) is 5.57 Å². The van der Waals surface area contributed by atoms with Crippen LogP contribution in [0.15, 0.2) is 78.4 Å². The third-order valence-corrected chi connectivity index (χ3v) is 3.75. The lowest BCUT2D eigenvalue weighted by atomic mass is 10.1. The number of anilines is 2. The second-order valence-corrected chi connectivity index (χ2v) is 5.59. The van der Waals surface area contributed by atoms with E-state index in [9.17, 15) is 4.79 Å². The van der Waals surface area contributed by atoms with Gasteiger partial charge in [-0.1, -0.05) is 48.6 Å². The molecule has 0 spiro atoms. The van der Waals surface area contributed by atoms with E-state index in [2.05, 4.69) is 29.4 Å². The predicted molar refractivity (Wildman–Crippen MR) is 102 cm³/mol. The van der Waals surface area contributed by atoms with Crippen molar-refractivity contribution in [1.82, 2.24) is 0 Å². The molecular formula is C21H24N2O. The summed E-state index contributed by atoms with van der Waals surface area (Å²) in [6.07, 6.45) is 5.47. The first kappa shape index (κ1) is 17.5. The molecule has 0 aliphatic carbocycles. The van der Waals surface area contributed by atoms with Gasteiger partial charge in [-0.05, 0) is 43.7 Å². The molecule has 3 nitrogen and oxygen atoms in total. The predicted octanol–water partition coefficient (Wildman–Crippen LogP) is 4.78. The van der Waals surface area contributed by atoms with Crippen molar-refractivity contribution in [2.45, 2.75) is 20.4 Å². The summed E-state index contributed by atoms with van der Waals surface area (Å²) in [5.41, 5.74) is 3.83. The smallest absolute Gasteiger partial charge is 0.255 e. The first-order valence-corrected chi connectivity index (χ1v) is 8.09. The van der Waals surface area contributed by atoms with E-state index in [0.717, 1.165) is 12.2 Å². The highest BCUT2D eigenvalue weighted by atomic mass is 16.1. The van der Waals surface area contributed by atoms with E-state index in [1.807, 2.05) is 62.4 Å². The van der Waals surface area contributed by atoms with Crippen LogP contribution in [0.5, 0.6) is 0 Å². The number of carbonyl (C=O) groups is 1. The van der Waals surface area contributed by atoms with Crippen molar-refractivity contribution in [2.75, 3.05) is 17.3 Å². The summed E-state index contributed by atoms with van der Waals surface area (Å²) in [5, 5.41) is 2.92. The molecule has 1 N–H and O–H groups in total. The van der Waals surface area contributed by atoms with Crippen molar-refractivity contribution in [3.63, 3.8) is 0 Å². The van der Waals surface area contributed by atoms with Gasteiger partial charge in [-0.25, -0.2) is 0 Å². The van der Waals surface area contributed by atoms with Gasteiger partial charge in [0.1, 0.15) is 0 Å². The van der Waals surface area contributed by atoms with Crippen LogP contribution < -0.4 is 10.2 Å². The molecule has 0 saturated carbocycles. The van der Waals surface area contributed by atoms with Gasteiger partial charge < -0.3 is 10.2 Å². The minimum Gasteiger partial charge on any atom is -0.370 e. The second-order valence-electron chi connectivity index (χ2n) is 5.59. The molecule has 124 valence electrons. The minimum atomic E-state index is -0.0928. The van der Waals surface area contributed by atoms with Crippen LogP contribution in [-0.4, -0.2) is 13.0 Å². The van der Waals surface area contributed by atoms with E-state index >= 15 is 0 Å². The number of amides is 1. The molecule has 24 heavy (non-hydrogen) atoms. The summed E-state index contributed by atoms with van der Waals surface area (Å²) in [5.74, 6) is -0.0928. The summed E-state index contributed by atoms with van der Waals surface area (Å²) in [6.45, 7) is 4.57. The van der Waals surface area contributed by atoms with E-state index in [4.69, 9.17) is 0 Å². The Bertz CT molecular complexity index is 715. The Morgan fingerprint density at radius 2 is 1.71 bits per heavy atom. The standard InChI is InChI=1S/C21H24N2O/c1-4-9-18(5-2)21(24)22-19-14-12-17(13-15-19)16-23(3)20-10-7-6-8-11-20/h4-15H,16H2,1-3H3,(H,22,24)/b9-4-,18-5+. The SMILES string of the molecule is C/C=C\C(=C/C)C(=O)Nc1ccc(CN(C)c2ccccc2)cc1. The van der Waals surface area contributed by atoms with E-state index < -0.39 is 0 Å². The van der Waals surface area contributed by atoms with Gasteiger partial charge in [-0.3, -0.25) is 4.79 Å². The van der Waals surface area contributed by atoms with Crippen LogP contribution >= 0.6 is 0 Å². The molecule has 0 unspecified atom stereocenters. The van der Waals surface area contributed by atoms with Crippen LogP contribution in [0.3, 0.4) is 0 Å². The van der Waals surface area contributed by atoms with Gasteiger partial charge in [0, 0.05) is 30.5 Å². The monoisotopic (exact) mass is 320 g/mol. The van der Waals surface area contributed by atoms with E-state index in [1.165, 1.54) is 11.3 Å². The number of nitrogens with zero attached hydrogens (tertiary/aromatic N) is 1. The molecule has 2 aromatic carbocycles. The third kappa shape index (κ3) is 4.85. The zero-order valence-electron chi connectivity index (χ0n) is 14.5. The Labute approximate surface area is 144 Å². The summed E-state index contributed by atoms with van der Waals surface area (Å²) >= 11 is 0. The molecule has 0 heterocycles. The molecule has 0 atom stereocenters. The number of hydrogen-bond donors (Lipinski definition) is 1. The molecule has 0 aromatic heterocycles. The number of nitrogens with one attached hydrogen (secondary N) is 1. The highest BCUT2D eigenvalue weighted by molar-refractivity contribution is 6.05. The van der Waals surface area contributed by atoms with E-state index in [-0.39, 0.29) is 5.91 Å². The first-order valence-electron chi connectivity index (χ1n) is 8.09. The molecular weight excluding hydrogens is 296 g/mol. The lowest BCUT2D eigenvalue weighted by Crippen LogP contribution is -2.16. The average molecular weight is 320 g/mol. The lowest BCUT2D eigenvalue weighted by molar-refractivity contribution is -0.112. The van der Waals surface area contributed by atoms with Gasteiger partial charge in [-0.15, -0.1) is 0 Å². The average Bonchev–Trinajstić information content (AvgIpc) is 2.62. The highest BCUT2D eigenvalue weighted by Gasteiger charge is 2.06. The first-order chi connectivity index (χ1) is 11.6. The number of hydrogen-bond acceptors (Lipinski definition) is 2. The number of benzene rings is 2. The van der Waals surface area contributed by atoms with Crippen LogP contribution in [0.1, 0.15) is 19.4 Å². The zero-order valence-corrected chi connectivity index (χ0v) is 14.5. The summed E-state index contributed by atoms with van der Waals surface area (Å²) in [4.78, 5) is 14.3. The number of para-hydroxylation sites is 1. The molecule has 0 radical (unpaired) electrons. The molecule has 0 aliphatic rings. The maximum Gasteiger partial charge on any atom is 0.255 e.